The first-order valence-corrected chi connectivity index (χ1v) is 6.84. The third kappa shape index (κ3) is 2.71. The number of nitrogens with zero attached hydrogens (tertiary/aromatic N) is 1. The van der Waals surface area contributed by atoms with Crippen LogP contribution < -0.4 is 16.4 Å². The largest absolute Gasteiger partial charge is 0.397 e. The quantitative estimate of drug-likeness (QED) is 0.842. The van der Waals surface area contributed by atoms with Crippen LogP contribution in [0.3, 0.4) is 0 Å². The van der Waals surface area contributed by atoms with Crippen LogP contribution in [0.2, 0.25) is 0 Å². The van der Waals surface area contributed by atoms with Crippen LogP contribution in [0.1, 0.15) is 28.2 Å². The molecule has 4 nitrogen and oxygen atoms in total. The molecule has 0 aliphatic rings. The summed E-state index contributed by atoms with van der Waals surface area (Å²) < 4.78 is 0. The molecule has 19 heavy (non-hydrogen) atoms. The average molecular weight is 275 g/mol. The average Bonchev–Trinajstić information content (AvgIpc) is 2.91. The molecule has 4 N–H and O–H groups in total. The smallest absolute Gasteiger partial charge is 0.248 e. The number of primary amides is 1. The second-order valence-corrected chi connectivity index (χ2v) is 5.42. The van der Waals surface area contributed by atoms with Gasteiger partial charge in [-0.25, -0.2) is 0 Å². The monoisotopic (exact) mass is 275 g/mol. The van der Waals surface area contributed by atoms with Gasteiger partial charge in [0.05, 0.1) is 17.4 Å². The number of hydrogen-bond donors (Lipinski definition) is 2. The van der Waals surface area contributed by atoms with Gasteiger partial charge in [0.25, 0.3) is 0 Å². The Balaban J connectivity index is 2.35. The molecule has 0 aliphatic heterocycles. The van der Waals surface area contributed by atoms with E-state index in [2.05, 4.69) is 13.0 Å². The van der Waals surface area contributed by atoms with Crippen molar-refractivity contribution >= 4 is 28.6 Å². The number of nitrogens with two attached hydrogens (primary N) is 2. The van der Waals surface area contributed by atoms with E-state index in [1.807, 2.05) is 23.4 Å². The number of hydrogen-bond acceptors (Lipinski definition) is 4. The zero-order valence-corrected chi connectivity index (χ0v) is 11.8. The van der Waals surface area contributed by atoms with E-state index in [0.717, 1.165) is 5.69 Å². The highest BCUT2D eigenvalue weighted by molar-refractivity contribution is 7.10. The van der Waals surface area contributed by atoms with Gasteiger partial charge in [-0.15, -0.1) is 11.3 Å². The SMILES string of the molecule is CC(c1cccs1)N(C)c1cc(C(N)=O)ccc1N. The zero-order chi connectivity index (χ0) is 14.0. The van der Waals surface area contributed by atoms with Crippen LogP contribution in [0.4, 0.5) is 11.4 Å². The molecule has 2 aromatic rings. The van der Waals surface area contributed by atoms with E-state index in [9.17, 15) is 4.79 Å². The molecule has 1 amide bonds. The molecular formula is C14H17N3OS. The van der Waals surface area contributed by atoms with Crippen LogP contribution in [0.5, 0.6) is 0 Å². The van der Waals surface area contributed by atoms with E-state index in [-0.39, 0.29) is 6.04 Å². The minimum absolute atomic E-state index is 0.186. The lowest BCUT2D eigenvalue weighted by atomic mass is 10.1. The van der Waals surface area contributed by atoms with Gasteiger partial charge in [0.15, 0.2) is 0 Å². The third-order valence-corrected chi connectivity index (χ3v) is 4.27. The first-order valence-electron chi connectivity index (χ1n) is 5.96. The van der Waals surface area contributed by atoms with Gasteiger partial charge in [0.2, 0.25) is 5.91 Å². The van der Waals surface area contributed by atoms with E-state index in [4.69, 9.17) is 11.5 Å². The van der Waals surface area contributed by atoms with E-state index in [1.165, 1.54) is 4.88 Å². The first-order chi connectivity index (χ1) is 9.00. The standard InChI is InChI=1S/C14H17N3OS/c1-9(13-4-3-7-19-13)17(2)12-8-10(14(16)18)5-6-11(12)15/h3-9H,15H2,1-2H3,(H2,16,18). The Morgan fingerprint density at radius 3 is 2.68 bits per heavy atom. The molecule has 0 spiro atoms. The van der Waals surface area contributed by atoms with Gasteiger partial charge in [-0.05, 0) is 36.6 Å². The summed E-state index contributed by atoms with van der Waals surface area (Å²) in [6.45, 7) is 2.10. The summed E-state index contributed by atoms with van der Waals surface area (Å²) in [4.78, 5) is 14.5. The number of benzene rings is 1. The summed E-state index contributed by atoms with van der Waals surface area (Å²) in [5, 5.41) is 2.04. The normalized spacial score (nSPS) is 12.1. The molecule has 1 unspecified atom stereocenters. The summed E-state index contributed by atoms with van der Waals surface area (Å²) in [5.74, 6) is -0.446. The topological polar surface area (TPSA) is 72.3 Å². The summed E-state index contributed by atoms with van der Waals surface area (Å²) in [6, 6.07) is 9.39. The van der Waals surface area contributed by atoms with Crippen LogP contribution in [0.15, 0.2) is 35.7 Å². The molecule has 100 valence electrons. The highest BCUT2D eigenvalue weighted by atomic mass is 32.1. The minimum atomic E-state index is -0.446. The molecule has 0 saturated heterocycles. The van der Waals surface area contributed by atoms with Gasteiger partial charge in [0.1, 0.15) is 0 Å². The molecule has 5 heteroatoms. The Morgan fingerprint density at radius 2 is 2.11 bits per heavy atom. The number of carbonyl (C=O) groups excluding carboxylic acids is 1. The molecule has 0 radical (unpaired) electrons. The fourth-order valence-corrected chi connectivity index (χ4v) is 2.76. The predicted octanol–water partition coefficient (Wildman–Crippen LogP) is 2.63. The predicted molar refractivity (Wildman–Crippen MR) is 80.5 cm³/mol. The van der Waals surface area contributed by atoms with Crippen molar-refractivity contribution in [3.8, 4) is 0 Å². The van der Waals surface area contributed by atoms with Crippen LogP contribution >= 0.6 is 11.3 Å². The molecule has 1 aromatic carbocycles. The van der Waals surface area contributed by atoms with Crippen molar-refractivity contribution in [2.75, 3.05) is 17.7 Å². The number of nitrogen functional groups attached to an aromatic ring is 1. The van der Waals surface area contributed by atoms with Crippen molar-refractivity contribution in [3.05, 3.63) is 46.2 Å². The Bertz CT molecular complexity index is 580. The molecule has 1 aromatic heterocycles. The van der Waals surface area contributed by atoms with Crippen molar-refractivity contribution in [1.29, 1.82) is 0 Å². The number of anilines is 2. The number of amides is 1. The fourth-order valence-electron chi connectivity index (χ4n) is 1.93. The lowest BCUT2D eigenvalue weighted by molar-refractivity contribution is 0.100. The van der Waals surface area contributed by atoms with Crippen molar-refractivity contribution in [2.24, 2.45) is 5.73 Å². The summed E-state index contributed by atoms with van der Waals surface area (Å²) in [6.07, 6.45) is 0. The minimum Gasteiger partial charge on any atom is -0.397 e. The van der Waals surface area contributed by atoms with Crippen LogP contribution in [0, 0.1) is 0 Å². The van der Waals surface area contributed by atoms with Gasteiger partial charge >= 0.3 is 0 Å². The maximum atomic E-state index is 11.3. The van der Waals surface area contributed by atoms with Gasteiger partial charge in [-0.1, -0.05) is 6.07 Å². The number of thiophene rings is 1. The highest BCUT2D eigenvalue weighted by Crippen LogP contribution is 2.32. The molecule has 0 aliphatic carbocycles. The maximum Gasteiger partial charge on any atom is 0.248 e. The molecule has 0 saturated carbocycles. The van der Waals surface area contributed by atoms with Gasteiger partial charge in [-0.3, -0.25) is 4.79 Å². The Labute approximate surface area is 116 Å². The van der Waals surface area contributed by atoms with E-state index < -0.39 is 5.91 Å². The zero-order valence-electron chi connectivity index (χ0n) is 11.0. The molecule has 1 atom stereocenters. The fraction of sp³-hybridized carbons (Fsp3) is 0.214. The third-order valence-electron chi connectivity index (χ3n) is 3.23. The Kier molecular flexibility index (Phi) is 3.76. The second kappa shape index (κ2) is 5.32. The van der Waals surface area contributed by atoms with Crippen molar-refractivity contribution < 1.29 is 4.79 Å². The highest BCUT2D eigenvalue weighted by Gasteiger charge is 2.16. The van der Waals surface area contributed by atoms with E-state index >= 15 is 0 Å². The van der Waals surface area contributed by atoms with E-state index in [1.54, 1.807) is 29.5 Å². The first kappa shape index (κ1) is 13.4. The molecule has 0 bridgehead atoms. The van der Waals surface area contributed by atoms with Gasteiger partial charge in [-0.2, -0.15) is 0 Å². The summed E-state index contributed by atoms with van der Waals surface area (Å²) in [5.41, 5.74) is 13.2. The number of rotatable bonds is 4. The Hall–Kier alpha value is -2.01. The summed E-state index contributed by atoms with van der Waals surface area (Å²) >= 11 is 1.70. The van der Waals surface area contributed by atoms with Crippen LogP contribution in [-0.4, -0.2) is 13.0 Å². The number of carbonyl (C=O) groups is 1. The van der Waals surface area contributed by atoms with E-state index in [0.29, 0.717) is 11.3 Å². The van der Waals surface area contributed by atoms with Gasteiger partial charge < -0.3 is 16.4 Å². The summed E-state index contributed by atoms with van der Waals surface area (Å²) in [7, 11) is 1.96. The van der Waals surface area contributed by atoms with Crippen LogP contribution in [0.25, 0.3) is 0 Å². The molecule has 1 heterocycles. The van der Waals surface area contributed by atoms with Crippen molar-refractivity contribution in [3.63, 3.8) is 0 Å². The van der Waals surface area contributed by atoms with Crippen LogP contribution in [-0.2, 0) is 0 Å². The molecular weight excluding hydrogens is 258 g/mol. The molecule has 2 rings (SSSR count). The second-order valence-electron chi connectivity index (χ2n) is 4.44. The lowest BCUT2D eigenvalue weighted by Gasteiger charge is -2.27. The lowest BCUT2D eigenvalue weighted by Crippen LogP contribution is -2.22. The van der Waals surface area contributed by atoms with Gasteiger partial charge in [0, 0.05) is 17.5 Å². The van der Waals surface area contributed by atoms with Crippen molar-refractivity contribution in [1.82, 2.24) is 0 Å². The Morgan fingerprint density at radius 1 is 1.37 bits per heavy atom. The van der Waals surface area contributed by atoms with Crippen molar-refractivity contribution in [2.45, 2.75) is 13.0 Å². The maximum absolute atomic E-state index is 11.3. The molecule has 0 fully saturated rings.